The van der Waals surface area contributed by atoms with E-state index in [-0.39, 0.29) is 5.69 Å². The van der Waals surface area contributed by atoms with Crippen molar-refractivity contribution in [3.05, 3.63) is 81.7 Å². The molecule has 0 saturated carbocycles. The van der Waals surface area contributed by atoms with Crippen molar-refractivity contribution in [3.8, 4) is 11.1 Å². The van der Waals surface area contributed by atoms with Crippen LogP contribution in [0.4, 0.5) is 5.69 Å². The number of primary amides is 1. The van der Waals surface area contributed by atoms with Gasteiger partial charge >= 0.3 is 0 Å². The predicted octanol–water partition coefficient (Wildman–Crippen LogP) is 5.52. The van der Waals surface area contributed by atoms with Crippen molar-refractivity contribution in [1.29, 1.82) is 0 Å². The third-order valence-electron chi connectivity index (χ3n) is 5.02. The van der Waals surface area contributed by atoms with Crippen molar-refractivity contribution in [3.63, 3.8) is 0 Å². The van der Waals surface area contributed by atoms with Crippen LogP contribution in [-0.2, 0) is 0 Å². The average Bonchev–Trinajstić information content (AvgIpc) is 3.27. The fourth-order valence-electron chi connectivity index (χ4n) is 3.54. The molecular weight excluding hydrogens is 407 g/mol. The molecule has 29 heavy (non-hydrogen) atoms. The lowest BCUT2D eigenvalue weighted by molar-refractivity contribution is 0.0997. The van der Waals surface area contributed by atoms with Crippen LogP contribution in [-0.4, -0.2) is 15.9 Å². The number of hydrogen-bond acceptors (Lipinski definition) is 2. The summed E-state index contributed by atoms with van der Waals surface area (Å²) >= 11 is 12.4. The molecule has 0 saturated heterocycles. The minimum Gasteiger partial charge on any atom is -0.398 e. The summed E-state index contributed by atoms with van der Waals surface area (Å²) in [5, 5.41) is 2.04. The maximum absolute atomic E-state index is 12.1. The number of carbonyl (C=O) groups excluding carboxylic acids is 1. The summed E-state index contributed by atoms with van der Waals surface area (Å²) in [7, 11) is 0. The summed E-state index contributed by atoms with van der Waals surface area (Å²) in [4.78, 5) is 18.3. The number of halogens is 2. The molecule has 0 atom stereocenters. The molecule has 2 aromatic carbocycles. The van der Waals surface area contributed by atoms with E-state index in [0.29, 0.717) is 32.4 Å². The number of rotatable bonds is 4. The number of amides is 1. The zero-order valence-electron chi connectivity index (χ0n) is 15.6. The highest BCUT2D eigenvalue weighted by Gasteiger charge is 2.23. The Balaban J connectivity index is 1.97. The first-order valence-electron chi connectivity index (χ1n) is 8.81. The van der Waals surface area contributed by atoms with Crippen LogP contribution in [0.15, 0.2) is 49.3 Å². The molecule has 2 aromatic heterocycles. The standard InChI is InChI=1S/C22H18Cl2N4O/c1-10-5-13(18(25)7-17(10)24)11(2)15-8-28-21(22(26)29)20(15)16-9-27-19-4-3-12(23)6-14(16)19/h3-9,27-28H,2,25H2,1H3,(H2,26,29). The number of aromatic amines is 2. The molecule has 7 heteroatoms. The van der Waals surface area contributed by atoms with Crippen molar-refractivity contribution in [2.75, 3.05) is 5.73 Å². The van der Waals surface area contributed by atoms with Crippen LogP contribution in [0.25, 0.3) is 27.6 Å². The largest absolute Gasteiger partial charge is 0.398 e. The monoisotopic (exact) mass is 424 g/mol. The molecule has 4 aromatic rings. The molecule has 0 spiro atoms. The molecule has 0 fully saturated rings. The van der Waals surface area contributed by atoms with E-state index in [4.69, 9.17) is 34.7 Å². The Bertz CT molecular complexity index is 1300. The summed E-state index contributed by atoms with van der Waals surface area (Å²) in [6, 6.07) is 9.10. The van der Waals surface area contributed by atoms with Crippen LogP contribution in [0.5, 0.6) is 0 Å². The van der Waals surface area contributed by atoms with Crippen molar-refractivity contribution >= 4 is 51.3 Å². The van der Waals surface area contributed by atoms with Crippen molar-refractivity contribution in [1.82, 2.24) is 9.97 Å². The lowest BCUT2D eigenvalue weighted by atomic mass is 9.91. The van der Waals surface area contributed by atoms with Gasteiger partial charge in [0.05, 0.1) is 0 Å². The number of nitrogens with two attached hydrogens (primary N) is 2. The zero-order chi connectivity index (χ0) is 20.9. The first-order chi connectivity index (χ1) is 13.8. The summed E-state index contributed by atoms with van der Waals surface area (Å²) in [5.41, 5.74) is 17.9. The smallest absolute Gasteiger partial charge is 0.265 e. The van der Waals surface area contributed by atoms with Crippen LogP contribution < -0.4 is 11.5 Å². The van der Waals surface area contributed by atoms with Gasteiger partial charge in [-0.05, 0) is 48.4 Å². The second kappa shape index (κ2) is 7.03. The quantitative estimate of drug-likeness (QED) is 0.324. The summed E-state index contributed by atoms with van der Waals surface area (Å²) in [5.74, 6) is -0.573. The second-order valence-electron chi connectivity index (χ2n) is 6.88. The maximum atomic E-state index is 12.1. The SMILES string of the molecule is C=C(c1cc(C)c(Cl)cc1N)c1c[nH]c(C(N)=O)c1-c1c[nH]c2ccc(Cl)cc12. The van der Waals surface area contributed by atoms with Gasteiger partial charge in [0.2, 0.25) is 0 Å². The molecule has 0 aliphatic heterocycles. The highest BCUT2D eigenvalue weighted by Crippen LogP contribution is 2.40. The third kappa shape index (κ3) is 3.18. The number of nitrogen functional groups attached to an aromatic ring is 1. The Hall–Kier alpha value is -3.15. The van der Waals surface area contributed by atoms with E-state index in [1.54, 1.807) is 18.3 Å². The van der Waals surface area contributed by atoms with Gasteiger partial charge in [-0.25, -0.2) is 0 Å². The van der Waals surface area contributed by atoms with Gasteiger partial charge < -0.3 is 21.4 Å². The van der Waals surface area contributed by atoms with Crippen molar-refractivity contribution in [2.24, 2.45) is 5.73 Å². The molecule has 146 valence electrons. The molecule has 0 unspecified atom stereocenters. The normalized spacial score (nSPS) is 11.1. The molecule has 0 aliphatic rings. The molecule has 1 amide bonds. The van der Waals surface area contributed by atoms with Gasteiger partial charge in [-0.3, -0.25) is 4.79 Å². The number of nitrogens with one attached hydrogen (secondary N) is 2. The van der Waals surface area contributed by atoms with Crippen LogP contribution in [0, 0.1) is 6.92 Å². The summed E-state index contributed by atoms with van der Waals surface area (Å²) < 4.78 is 0. The topological polar surface area (TPSA) is 101 Å². The summed E-state index contributed by atoms with van der Waals surface area (Å²) in [6.45, 7) is 6.13. The van der Waals surface area contributed by atoms with Gasteiger partial charge in [0.15, 0.2) is 0 Å². The molecule has 0 bridgehead atoms. The third-order valence-corrected chi connectivity index (χ3v) is 5.66. The Morgan fingerprint density at radius 3 is 2.55 bits per heavy atom. The number of hydrogen-bond donors (Lipinski definition) is 4. The van der Waals surface area contributed by atoms with Crippen molar-refractivity contribution < 1.29 is 4.79 Å². The van der Waals surface area contributed by atoms with Crippen LogP contribution in [0.2, 0.25) is 10.0 Å². The lowest BCUT2D eigenvalue weighted by Crippen LogP contribution is -2.12. The average molecular weight is 425 g/mol. The van der Waals surface area contributed by atoms with Gasteiger partial charge in [-0.1, -0.05) is 29.8 Å². The van der Waals surface area contributed by atoms with Gasteiger partial charge in [-0.15, -0.1) is 0 Å². The minimum atomic E-state index is -0.573. The molecular formula is C22H18Cl2N4O. The van der Waals surface area contributed by atoms with E-state index in [1.165, 1.54) is 0 Å². The fraction of sp³-hybridized carbons (Fsp3) is 0.0455. The number of H-pyrrole nitrogens is 2. The number of benzene rings is 2. The number of aryl methyl sites for hydroxylation is 1. The van der Waals surface area contributed by atoms with E-state index in [2.05, 4.69) is 16.5 Å². The number of fused-ring (bicyclic) bond motifs is 1. The summed E-state index contributed by atoms with van der Waals surface area (Å²) in [6.07, 6.45) is 3.54. The van der Waals surface area contributed by atoms with Crippen molar-refractivity contribution in [2.45, 2.75) is 6.92 Å². The van der Waals surface area contributed by atoms with Crippen LogP contribution in [0.3, 0.4) is 0 Å². The van der Waals surface area contributed by atoms with E-state index >= 15 is 0 Å². The zero-order valence-corrected chi connectivity index (χ0v) is 17.1. The van der Waals surface area contributed by atoms with E-state index in [0.717, 1.165) is 27.6 Å². The van der Waals surface area contributed by atoms with Gasteiger partial charge in [0, 0.05) is 61.3 Å². The Morgan fingerprint density at radius 1 is 1.07 bits per heavy atom. The number of carbonyl (C=O) groups is 1. The Labute approximate surface area is 177 Å². The molecule has 0 radical (unpaired) electrons. The Kier molecular flexibility index (Phi) is 4.65. The highest BCUT2D eigenvalue weighted by molar-refractivity contribution is 6.32. The minimum absolute atomic E-state index is 0.284. The molecule has 5 nitrogen and oxygen atoms in total. The van der Waals surface area contributed by atoms with Gasteiger partial charge in [-0.2, -0.15) is 0 Å². The molecule has 4 rings (SSSR count). The van der Waals surface area contributed by atoms with Gasteiger partial charge in [0.25, 0.3) is 5.91 Å². The van der Waals surface area contributed by atoms with E-state index in [9.17, 15) is 4.79 Å². The number of anilines is 1. The maximum Gasteiger partial charge on any atom is 0.265 e. The second-order valence-corrected chi connectivity index (χ2v) is 7.72. The van der Waals surface area contributed by atoms with Crippen LogP contribution >= 0.6 is 23.2 Å². The first-order valence-corrected chi connectivity index (χ1v) is 9.57. The molecule has 0 aliphatic carbocycles. The highest BCUT2D eigenvalue weighted by atomic mass is 35.5. The van der Waals surface area contributed by atoms with E-state index in [1.807, 2.05) is 31.3 Å². The number of aromatic nitrogens is 2. The van der Waals surface area contributed by atoms with Crippen LogP contribution in [0.1, 0.15) is 27.2 Å². The molecule has 6 N–H and O–H groups in total. The predicted molar refractivity (Wildman–Crippen MR) is 120 cm³/mol. The van der Waals surface area contributed by atoms with E-state index < -0.39 is 5.91 Å². The fourth-order valence-corrected chi connectivity index (χ4v) is 3.88. The first kappa shape index (κ1) is 19.2. The Morgan fingerprint density at radius 2 is 1.83 bits per heavy atom. The molecule has 2 heterocycles. The lowest BCUT2D eigenvalue weighted by Gasteiger charge is -2.13. The van der Waals surface area contributed by atoms with Gasteiger partial charge in [0.1, 0.15) is 5.69 Å².